The van der Waals surface area contributed by atoms with Crippen LogP contribution in [0.1, 0.15) is 0 Å². The monoisotopic (exact) mass is 794 g/mol. The molecule has 4 aromatic heterocycles. The number of hydrogen-bond acceptors (Lipinski definition) is 3. The Labute approximate surface area is 354 Å². The minimum absolute atomic E-state index is 0.711. The van der Waals surface area contributed by atoms with Crippen molar-refractivity contribution in [2.75, 3.05) is 0 Å². The molecule has 0 aliphatic carbocycles. The molecule has 0 saturated heterocycles. The Bertz CT molecular complexity index is 3860. The van der Waals surface area contributed by atoms with E-state index in [2.05, 4.69) is 209 Å². The van der Waals surface area contributed by atoms with Crippen LogP contribution in [-0.4, -0.2) is 19.1 Å². The smallest absolute Gasteiger partial charge is 0.162 e. The van der Waals surface area contributed by atoms with E-state index in [-0.39, 0.29) is 0 Å². The predicted molar refractivity (Wildman–Crippen MR) is 257 cm³/mol. The van der Waals surface area contributed by atoms with Crippen molar-refractivity contribution in [1.82, 2.24) is 19.1 Å². The first-order valence-corrected chi connectivity index (χ1v) is 21.5. The molecule has 0 radical (unpaired) electrons. The zero-order chi connectivity index (χ0) is 40.0. The summed E-state index contributed by atoms with van der Waals surface area (Å²) in [5.74, 6) is 1.60. The summed E-state index contributed by atoms with van der Waals surface area (Å²) in [7, 11) is 0. The van der Waals surface area contributed by atoms with Crippen molar-refractivity contribution in [3.05, 3.63) is 206 Å². The molecule has 4 heterocycles. The average molecular weight is 795 g/mol. The second kappa shape index (κ2) is 13.3. The summed E-state index contributed by atoms with van der Waals surface area (Å²) in [6, 6.07) is 74.5. The molecule has 9 aromatic carbocycles. The SMILES string of the molecule is c1ccc(-c2nc(-n3c4ccc(-c5ccc6c7c8ccccc8ccc7n(-c7ccccc7)c6c5)cc4c4cc5ccccc5cc43)c3sc(-c4ccccc4)cc3n2)cc1. The molecule has 0 atom stereocenters. The number of nitrogens with zero attached hydrogens (tertiary/aromatic N) is 4. The van der Waals surface area contributed by atoms with Crippen molar-refractivity contribution >= 4 is 86.7 Å². The lowest BCUT2D eigenvalue weighted by Crippen LogP contribution is -2.01. The van der Waals surface area contributed by atoms with Gasteiger partial charge in [-0.15, -0.1) is 11.3 Å². The maximum absolute atomic E-state index is 5.46. The summed E-state index contributed by atoms with van der Waals surface area (Å²) < 4.78 is 5.86. The van der Waals surface area contributed by atoms with Crippen LogP contribution in [0.4, 0.5) is 0 Å². The molecule has 0 fully saturated rings. The predicted octanol–water partition coefficient (Wildman–Crippen LogP) is 15.2. The summed E-state index contributed by atoms with van der Waals surface area (Å²) in [5.41, 5.74) is 11.2. The van der Waals surface area contributed by atoms with Gasteiger partial charge in [0.25, 0.3) is 0 Å². The van der Waals surface area contributed by atoms with Crippen LogP contribution >= 0.6 is 11.3 Å². The number of hydrogen-bond donors (Lipinski definition) is 0. The van der Waals surface area contributed by atoms with Crippen molar-refractivity contribution in [1.29, 1.82) is 0 Å². The highest BCUT2D eigenvalue weighted by Gasteiger charge is 2.22. The molecule has 0 unspecified atom stereocenters. The normalized spacial score (nSPS) is 11.9. The fourth-order valence-electron chi connectivity index (χ4n) is 9.46. The topological polar surface area (TPSA) is 35.6 Å². The lowest BCUT2D eigenvalue weighted by molar-refractivity contribution is 1.08. The first-order chi connectivity index (χ1) is 30.2. The quantitative estimate of drug-likeness (QED) is 0.174. The molecule has 0 aliphatic heterocycles. The second-order valence-corrected chi connectivity index (χ2v) is 16.8. The maximum atomic E-state index is 5.46. The number of para-hydroxylation sites is 1. The maximum Gasteiger partial charge on any atom is 0.162 e. The van der Waals surface area contributed by atoms with E-state index in [1.165, 1.54) is 70.1 Å². The Balaban J connectivity index is 1.08. The molecule has 4 nitrogen and oxygen atoms in total. The van der Waals surface area contributed by atoms with Gasteiger partial charge in [-0.25, -0.2) is 9.97 Å². The van der Waals surface area contributed by atoms with Crippen molar-refractivity contribution in [3.8, 4) is 44.5 Å². The van der Waals surface area contributed by atoms with E-state index in [9.17, 15) is 0 Å². The van der Waals surface area contributed by atoms with Crippen LogP contribution in [0.15, 0.2) is 206 Å². The highest BCUT2D eigenvalue weighted by molar-refractivity contribution is 7.22. The Morgan fingerprint density at radius 1 is 0.361 bits per heavy atom. The third-order valence-electron chi connectivity index (χ3n) is 12.3. The van der Waals surface area contributed by atoms with Crippen LogP contribution in [0.5, 0.6) is 0 Å². The molecule has 0 saturated carbocycles. The third kappa shape index (κ3) is 5.31. The van der Waals surface area contributed by atoms with Gasteiger partial charge in [0.1, 0.15) is 0 Å². The van der Waals surface area contributed by atoms with Gasteiger partial charge in [-0.05, 0) is 92.8 Å². The van der Waals surface area contributed by atoms with Gasteiger partial charge in [0, 0.05) is 37.7 Å². The molecule has 0 spiro atoms. The van der Waals surface area contributed by atoms with Gasteiger partial charge >= 0.3 is 0 Å². The zero-order valence-corrected chi connectivity index (χ0v) is 33.6. The molecule has 13 rings (SSSR count). The van der Waals surface area contributed by atoms with E-state index in [0.29, 0.717) is 5.82 Å². The van der Waals surface area contributed by atoms with Gasteiger partial charge in [-0.1, -0.05) is 152 Å². The van der Waals surface area contributed by atoms with Crippen molar-refractivity contribution < 1.29 is 0 Å². The van der Waals surface area contributed by atoms with Crippen molar-refractivity contribution in [3.63, 3.8) is 0 Å². The standard InChI is InChI=1S/C56H34N4S/c1-4-15-36(16-5-1)52-34-47-54(61-52)56(58-55(57-47)37-17-6-2-7-18-37)60-48-28-26-40(31-45(48)46-30-38-19-10-11-20-39(38)32-51(46)60)41-24-27-44-50(33-41)59(42-21-8-3-9-22-42)49-29-25-35-14-12-13-23-43(35)53(44)49/h1-34H. The molecular formula is C56H34N4S. The van der Waals surface area contributed by atoms with Crippen LogP contribution < -0.4 is 0 Å². The van der Waals surface area contributed by atoms with Gasteiger partial charge in [-0.3, -0.25) is 4.57 Å². The van der Waals surface area contributed by atoms with Gasteiger partial charge in [0.2, 0.25) is 0 Å². The van der Waals surface area contributed by atoms with E-state index in [1.54, 1.807) is 11.3 Å². The zero-order valence-electron chi connectivity index (χ0n) is 32.8. The number of rotatable bonds is 5. The Kier molecular flexibility index (Phi) is 7.44. The van der Waals surface area contributed by atoms with Crippen molar-refractivity contribution in [2.45, 2.75) is 0 Å². The van der Waals surface area contributed by atoms with Crippen molar-refractivity contribution in [2.24, 2.45) is 0 Å². The summed E-state index contributed by atoms with van der Waals surface area (Å²) in [6.07, 6.45) is 0. The summed E-state index contributed by atoms with van der Waals surface area (Å²) >= 11 is 1.75. The summed E-state index contributed by atoms with van der Waals surface area (Å²) in [5, 5.41) is 9.81. The number of aromatic nitrogens is 4. The van der Waals surface area contributed by atoms with Crippen LogP contribution in [-0.2, 0) is 0 Å². The van der Waals surface area contributed by atoms with Crippen LogP contribution in [0, 0.1) is 0 Å². The lowest BCUT2D eigenvalue weighted by atomic mass is 9.99. The molecule has 13 aromatic rings. The van der Waals surface area contributed by atoms with E-state index in [0.717, 1.165) is 43.9 Å². The van der Waals surface area contributed by atoms with E-state index in [4.69, 9.17) is 9.97 Å². The fourth-order valence-corrected chi connectivity index (χ4v) is 10.5. The summed E-state index contributed by atoms with van der Waals surface area (Å²) in [6.45, 7) is 0. The number of benzene rings is 9. The van der Waals surface area contributed by atoms with Crippen LogP contribution in [0.25, 0.3) is 120 Å². The van der Waals surface area contributed by atoms with Crippen LogP contribution in [0.2, 0.25) is 0 Å². The Hall–Kier alpha value is -7.86. The molecule has 0 amide bonds. The average Bonchev–Trinajstić information content (AvgIpc) is 4.01. The molecule has 0 bridgehead atoms. The largest absolute Gasteiger partial charge is 0.309 e. The molecule has 61 heavy (non-hydrogen) atoms. The van der Waals surface area contributed by atoms with Gasteiger partial charge in [0.15, 0.2) is 11.6 Å². The van der Waals surface area contributed by atoms with Gasteiger partial charge in [0.05, 0.1) is 32.3 Å². The molecule has 284 valence electrons. The first kappa shape index (κ1) is 34.0. The fraction of sp³-hybridized carbons (Fsp3) is 0. The minimum Gasteiger partial charge on any atom is -0.309 e. The number of fused-ring (bicyclic) bond motifs is 10. The minimum atomic E-state index is 0.711. The highest BCUT2D eigenvalue weighted by atomic mass is 32.1. The number of thiophene rings is 1. The van der Waals surface area contributed by atoms with E-state index < -0.39 is 0 Å². The molecule has 5 heteroatoms. The molecular weight excluding hydrogens is 761 g/mol. The Morgan fingerprint density at radius 2 is 0.984 bits per heavy atom. The summed E-state index contributed by atoms with van der Waals surface area (Å²) in [4.78, 5) is 11.8. The lowest BCUT2D eigenvalue weighted by Gasteiger charge is -2.11. The second-order valence-electron chi connectivity index (χ2n) is 15.8. The van der Waals surface area contributed by atoms with E-state index >= 15 is 0 Å². The van der Waals surface area contributed by atoms with E-state index in [1.807, 2.05) is 6.07 Å². The highest BCUT2D eigenvalue weighted by Crippen LogP contribution is 2.43. The Morgan fingerprint density at radius 3 is 1.79 bits per heavy atom. The van der Waals surface area contributed by atoms with Gasteiger partial charge < -0.3 is 4.57 Å². The third-order valence-corrected chi connectivity index (χ3v) is 13.5. The van der Waals surface area contributed by atoms with Crippen LogP contribution in [0.3, 0.4) is 0 Å². The van der Waals surface area contributed by atoms with Gasteiger partial charge in [-0.2, -0.15) is 0 Å². The molecule has 0 aliphatic rings. The first-order valence-electron chi connectivity index (χ1n) is 20.6. The molecule has 0 N–H and O–H groups in total.